The predicted octanol–water partition coefficient (Wildman–Crippen LogP) is 1.53. The molecule has 0 aromatic heterocycles. The molecule has 0 saturated carbocycles. The number of rotatable bonds is 5. The van der Waals surface area contributed by atoms with Gasteiger partial charge in [-0.05, 0) is 51.3 Å². The van der Waals surface area contributed by atoms with E-state index < -0.39 is 0 Å². The van der Waals surface area contributed by atoms with Gasteiger partial charge in [-0.25, -0.2) is 0 Å². The maximum atomic E-state index is 12.6. The number of hydrogen-bond donors (Lipinski definition) is 2. The van der Waals surface area contributed by atoms with Crippen LogP contribution >= 0.6 is 0 Å². The highest BCUT2D eigenvalue weighted by molar-refractivity contribution is 5.98. The van der Waals surface area contributed by atoms with Crippen molar-refractivity contribution < 1.29 is 9.59 Å². The molecule has 0 atom stereocenters. The normalized spacial score (nSPS) is 22.2. The molecule has 3 aliphatic heterocycles. The lowest BCUT2D eigenvalue weighted by atomic mass is 10.0. The fraction of sp³-hybridized carbons (Fsp3) is 0.600. The van der Waals surface area contributed by atoms with Crippen molar-refractivity contribution in [1.29, 1.82) is 0 Å². The van der Waals surface area contributed by atoms with Gasteiger partial charge in [0.25, 0.3) is 5.91 Å². The molecule has 4 rings (SSSR count). The van der Waals surface area contributed by atoms with Crippen molar-refractivity contribution in [3.05, 3.63) is 29.3 Å². The number of amides is 2. The summed E-state index contributed by atoms with van der Waals surface area (Å²) in [7, 11) is 0. The molecule has 1 aromatic carbocycles. The monoisotopic (exact) mass is 358 g/mol. The fourth-order valence-corrected chi connectivity index (χ4v) is 3.89. The van der Waals surface area contributed by atoms with Crippen LogP contribution in [0, 0.1) is 6.92 Å². The number of nitrogens with one attached hydrogen (secondary N) is 2. The molecular weight excluding hydrogens is 328 g/mol. The fourth-order valence-electron chi connectivity index (χ4n) is 3.89. The second kappa shape index (κ2) is 8.08. The van der Waals surface area contributed by atoms with Gasteiger partial charge in [-0.1, -0.05) is 6.07 Å². The summed E-state index contributed by atoms with van der Waals surface area (Å²) in [5.74, 6) is -0.355. The van der Waals surface area contributed by atoms with E-state index in [1.165, 1.54) is 25.9 Å². The van der Waals surface area contributed by atoms with Crippen molar-refractivity contribution in [3.63, 3.8) is 0 Å². The molecule has 3 heterocycles. The van der Waals surface area contributed by atoms with Crippen LogP contribution in [0.5, 0.6) is 0 Å². The zero-order chi connectivity index (χ0) is 18.7. The van der Waals surface area contributed by atoms with E-state index in [9.17, 15) is 9.59 Å². The maximum Gasteiger partial charge on any atom is 0.252 e. The summed E-state index contributed by atoms with van der Waals surface area (Å²) in [5.41, 5.74) is 2.69. The lowest BCUT2D eigenvalue weighted by Crippen LogP contribution is -2.40. The molecule has 2 amide bonds. The molecule has 1 aromatic rings. The second-order valence-electron chi connectivity index (χ2n) is 7.67. The Bertz CT molecular complexity index is 666. The predicted molar refractivity (Wildman–Crippen MR) is 104 cm³/mol. The maximum absolute atomic E-state index is 12.6. The molecule has 6 nitrogen and oxygen atoms in total. The number of benzene rings is 1. The summed E-state index contributed by atoms with van der Waals surface area (Å²) in [6.07, 6.45) is 2.37. The molecule has 3 saturated heterocycles. The number of aryl methyl sites for hydroxylation is 1. The number of carbonyl (C=O) groups excluding carboxylic acids is 2. The summed E-state index contributed by atoms with van der Waals surface area (Å²) < 4.78 is 0. The van der Waals surface area contributed by atoms with Gasteiger partial charge in [-0.15, -0.1) is 0 Å². The average Bonchev–Trinajstić information content (AvgIpc) is 2.93. The first-order chi connectivity index (χ1) is 12.4. The molecule has 2 bridgehead atoms. The Morgan fingerprint density at radius 3 is 2.58 bits per heavy atom. The molecule has 3 fully saturated rings. The Kier molecular flexibility index (Phi) is 5.81. The molecule has 3 aliphatic rings. The lowest BCUT2D eigenvalue weighted by molar-refractivity contribution is -0.120. The molecule has 0 aliphatic carbocycles. The van der Waals surface area contributed by atoms with Crippen LogP contribution in [-0.2, 0) is 4.79 Å². The third kappa shape index (κ3) is 4.36. The number of nitrogens with zero attached hydrogens (tertiary/aromatic N) is 2. The van der Waals surface area contributed by atoms with Crippen molar-refractivity contribution in [2.24, 2.45) is 0 Å². The van der Waals surface area contributed by atoms with Gasteiger partial charge in [0.15, 0.2) is 0 Å². The van der Waals surface area contributed by atoms with E-state index in [1.54, 1.807) is 0 Å². The van der Waals surface area contributed by atoms with Crippen molar-refractivity contribution in [1.82, 2.24) is 15.5 Å². The van der Waals surface area contributed by atoms with E-state index in [4.69, 9.17) is 0 Å². The minimum Gasteiger partial charge on any atom is -0.367 e. The van der Waals surface area contributed by atoms with Crippen molar-refractivity contribution in [2.45, 2.75) is 45.7 Å². The van der Waals surface area contributed by atoms with E-state index >= 15 is 0 Å². The molecule has 26 heavy (non-hydrogen) atoms. The minimum absolute atomic E-state index is 0.00196. The highest BCUT2D eigenvalue weighted by Gasteiger charge is 2.29. The van der Waals surface area contributed by atoms with E-state index in [1.807, 2.05) is 32.9 Å². The molecule has 6 heteroatoms. The summed E-state index contributed by atoms with van der Waals surface area (Å²) in [5, 5.41) is 5.53. The van der Waals surface area contributed by atoms with E-state index in [2.05, 4.69) is 26.5 Å². The van der Waals surface area contributed by atoms with E-state index in [-0.39, 0.29) is 24.4 Å². The molecular formula is C20H30N4O2. The first-order valence-electron chi connectivity index (χ1n) is 9.61. The van der Waals surface area contributed by atoms with Crippen LogP contribution < -0.4 is 15.5 Å². The Labute approximate surface area is 155 Å². The third-order valence-corrected chi connectivity index (χ3v) is 5.31. The Morgan fingerprint density at radius 2 is 1.88 bits per heavy atom. The first kappa shape index (κ1) is 18.7. The molecule has 0 radical (unpaired) electrons. The third-order valence-electron chi connectivity index (χ3n) is 5.31. The number of hydrogen-bond acceptors (Lipinski definition) is 4. The van der Waals surface area contributed by atoms with Gasteiger partial charge in [0.2, 0.25) is 5.91 Å². The van der Waals surface area contributed by atoms with E-state index in [0.29, 0.717) is 11.6 Å². The van der Waals surface area contributed by atoms with Crippen LogP contribution in [0.4, 0.5) is 5.69 Å². The second-order valence-corrected chi connectivity index (χ2v) is 7.67. The van der Waals surface area contributed by atoms with E-state index in [0.717, 1.165) is 24.3 Å². The van der Waals surface area contributed by atoms with Gasteiger partial charge in [-0.2, -0.15) is 0 Å². The summed E-state index contributed by atoms with van der Waals surface area (Å²) >= 11 is 0. The molecule has 0 spiro atoms. The number of anilines is 1. The molecule has 2 N–H and O–H groups in total. The largest absolute Gasteiger partial charge is 0.367 e. The number of carbonyl (C=O) groups is 2. The van der Waals surface area contributed by atoms with Gasteiger partial charge in [0.05, 0.1) is 6.54 Å². The average molecular weight is 358 g/mol. The standard InChI is InChI=1S/C20H30N4O2/c1-14(2)22-19(25)13-21-20(26)18-12-17(5-4-15(18)3)24-11-10-23-8-6-16(24)7-9-23/h4-5,12,14,16H,6-11,13H2,1-3H3,(H,21,26)(H,22,25). The van der Waals surface area contributed by atoms with Crippen LogP contribution in [0.2, 0.25) is 0 Å². The van der Waals surface area contributed by atoms with Crippen molar-refractivity contribution in [3.8, 4) is 0 Å². The Morgan fingerprint density at radius 1 is 1.15 bits per heavy atom. The highest BCUT2D eigenvalue weighted by Crippen LogP contribution is 2.28. The zero-order valence-corrected chi connectivity index (χ0v) is 16.0. The van der Waals surface area contributed by atoms with Gasteiger partial charge in [-0.3, -0.25) is 9.59 Å². The first-order valence-corrected chi connectivity index (χ1v) is 9.61. The minimum atomic E-state index is -0.189. The smallest absolute Gasteiger partial charge is 0.252 e. The summed E-state index contributed by atoms with van der Waals surface area (Å²) in [4.78, 5) is 29.3. The topological polar surface area (TPSA) is 64.7 Å². The number of fused-ring (bicyclic) bond motifs is 4. The quantitative estimate of drug-likeness (QED) is 0.838. The summed E-state index contributed by atoms with van der Waals surface area (Å²) in [6.45, 7) is 10.2. The Balaban J connectivity index is 1.71. The van der Waals surface area contributed by atoms with Gasteiger partial charge in [0.1, 0.15) is 0 Å². The Hall–Kier alpha value is -2.08. The van der Waals surface area contributed by atoms with Crippen LogP contribution in [-0.4, -0.2) is 61.5 Å². The molecule has 142 valence electrons. The van der Waals surface area contributed by atoms with Crippen molar-refractivity contribution >= 4 is 17.5 Å². The van der Waals surface area contributed by atoms with Crippen molar-refractivity contribution in [2.75, 3.05) is 37.6 Å². The van der Waals surface area contributed by atoms with Crippen LogP contribution in [0.3, 0.4) is 0 Å². The SMILES string of the molecule is Cc1ccc(N2CCN3CCC2CC3)cc1C(=O)NCC(=O)NC(C)C. The highest BCUT2D eigenvalue weighted by atomic mass is 16.2. The zero-order valence-electron chi connectivity index (χ0n) is 16.0. The molecule has 0 unspecified atom stereocenters. The van der Waals surface area contributed by atoms with Gasteiger partial charge < -0.3 is 20.4 Å². The lowest BCUT2D eigenvalue weighted by Gasteiger charge is -2.33. The number of piperidine rings is 1. The van der Waals surface area contributed by atoms with Gasteiger partial charge in [0, 0.05) is 49.5 Å². The summed E-state index contributed by atoms with van der Waals surface area (Å²) in [6, 6.07) is 6.74. The van der Waals surface area contributed by atoms with Gasteiger partial charge >= 0.3 is 0 Å². The van der Waals surface area contributed by atoms with Crippen LogP contribution in [0.25, 0.3) is 0 Å². The van der Waals surface area contributed by atoms with Crippen LogP contribution in [0.1, 0.15) is 42.6 Å². The van der Waals surface area contributed by atoms with Crippen LogP contribution in [0.15, 0.2) is 18.2 Å².